The number of ether oxygens (including phenoxy) is 1. The first-order valence-electron chi connectivity index (χ1n) is 7.05. The molecule has 0 fully saturated rings. The van der Waals surface area contributed by atoms with Crippen LogP contribution in [0.1, 0.15) is 16.7 Å². The summed E-state index contributed by atoms with van der Waals surface area (Å²) in [6, 6.07) is 22.4. The van der Waals surface area contributed by atoms with E-state index in [4.69, 9.17) is 16.3 Å². The Bertz CT molecular complexity index is 812. The van der Waals surface area contributed by atoms with Crippen molar-refractivity contribution in [3.63, 3.8) is 0 Å². The van der Waals surface area contributed by atoms with Crippen molar-refractivity contribution in [2.24, 2.45) is 0 Å². The van der Waals surface area contributed by atoms with Gasteiger partial charge in [0.15, 0.2) is 0 Å². The van der Waals surface area contributed by atoms with Crippen LogP contribution in [-0.2, 0) is 5.60 Å². The summed E-state index contributed by atoms with van der Waals surface area (Å²) in [6.45, 7) is 0. The van der Waals surface area contributed by atoms with E-state index in [0.717, 1.165) is 16.7 Å². The number of halogens is 1. The van der Waals surface area contributed by atoms with E-state index in [-0.39, 0.29) is 0 Å². The highest BCUT2D eigenvalue weighted by molar-refractivity contribution is 6.30. The average molecular weight is 309 g/mol. The summed E-state index contributed by atoms with van der Waals surface area (Å²) >= 11 is 6.14. The Morgan fingerprint density at radius 2 is 1.36 bits per heavy atom. The van der Waals surface area contributed by atoms with Crippen LogP contribution in [0.5, 0.6) is 11.5 Å². The Morgan fingerprint density at radius 3 is 1.95 bits per heavy atom. The molecule has 1 aliphatic rings. The number of rotatable bonds is 1. The fourth-order valence-electron chi connectivity index (χ4n) is 3.00. The minimum Gasteiger partial charge on any atom is -0.457 e. The summed E-state index contributed by atoms with van der Waals surface area (Å²) in [7, 11) is 0. The lowest BCUT2D eigenvalue weighted by Gasteiger charge is -2.36. The largest absolute Gasteiger partial charge is 0.457 e. The average Bonchev–Trinajstić information content (AvgIpc) is 2.55. The zero-order valence-electron chi connectivity index (χ0n) is 11.7. The standard InChI is InChI=1S/C19H13ClO2/c20-14-7-5-6-13(12-14)19(21)15-8-1-3-10-17(15)22-18-11-4-2-9-16(18)19/h1-12,21H. The topological polar surface area (TPSA) is 29.5 Å². The van der Waals surface area contributed by atoms with Gasteiger partial charge in [0.25, 0.3) is 0 Å². The zero-order valence-corrected chi connectivity index (χ0v) is 12.4. The molecule has 0 saturated carbocycles. The molecule has 4 rings (SSSR count). The quantitative estimate of drug-likeness (QED) is 0.704. The SMILES string of the molecule is OC1(c2cccc(Cl)c2)c2ccccc2Oc2ccccc21. The van der Waals surface area contributed by atoms with Gasteiger partial charge < -0.3 is 9.84 Å². The Morgan fingerprint density at radius 1 is 0.773 bits per heavy atom. The third kappa shape index (κ3) is 1.85. The monoisotopic (exact) mass is 308 g/mol. The van der Waals surface area contributed by atoms with Crippen LogP contribution in [0, 0.1) is 0 Å². The second-order valence-electron chi connectivity index (χ2n) is 5.32. The van der Waals surface area contributed by atoms with Gasteiger partial charge >= 0.3 is 0 Å². The Labute approximate surface area is 133 Å². The first-order chi connectivity index (χ1) is 10.7. The number of aliphatic hydroxyl groups is 1. The van der Waals surface area contributed by atoms with Gasteiger partial charge in [-0.25, -0.2) is 0 Å². The van der Waals surface area contributed by atoms with E-state index < -0.39 is 5.60 Å². The molecule has 0 bridgehead atoms. The summed E-state index contributed by atoms with van der Waals surface area (Å²) < 4.78 is 5.93. The van der Waals surface area contributed by atoms with E-state index in [2.05, 4.69) is 0 Å². The fourth-order valence-corrected chi connectivity index (χ4v) is 3.19. The molecular weight excluding hydrogens is 296 g/mol. The molecule has 0 saturated heterocycles. The number of para-hydroxylation sites is 2. The summed E-state index contributed by atoms with van der Waals surface area (Å²) in [6.07, 6.45) is 0. The molecule has 1 aliphatic heterocycles. The molecule has 3 aromatic rings. The molecule has 0 unspecified atom stereocenters. The van der Waals surface area contributed by atoms with Crippen LogP contribution < -0.4 is 4.74 Å². The van der Waals surface area contributed by atoms with Gasteiger partial charge in [-0.15, -0.1) is 0 Å². The predicted octanol–water partition coefficient (Wildman–Crippen LogP) is 4.73. The van der Waals surface area contributed by atoms with E-state index in [1.54, 1.807) is 12.1 Å². The number of benzene rings is 3. The first kappa shape index (κ1) is 13.4. The highest BCUT2D eigenvalue weighted by atomic mass is 35.5. The first-order valence-corrected chi connectivity index (χ1v) is 7.42. The third-order valence-corrected chi connectivity index (χ3v) is 4.25. The molecule has 3 heteroatoms. The molecule has 0 aliphatic carbocycles. The maximum Gasteiger partial charge on any atom is 0.147 e. The van der Waals surface area contributed by atoms with Crippen molar-refractivity contribution in [2.75, 3.05) is 0 Å². The van der Waals surface area contributed by atoms with Crippen LogP contribution in [0.3, 0.4) is 0 Å². The smallest absolute Gasteiger partial charge is 0.147 e. The minimum absolute atomic E-state index is 0.590. The molecule has 0 atom stereocenters. The van der Waals surface area contributed by atoms with Crippen molar-refractivity contribution in [1.82, 2.24) is 0 Å². The van der Waals surface area contributed by atoms with Crippen LogP contribution in [0.4, 0.5) is 0 Å². The van der Waals surface area contributed by atoms with Crippen molar-refractivity contribution in [3.8, 4) is 11.5 Å². The minimum atomic E-state index is -1.28. The van der Waals surface area contributed by atoms with E-state index in [1.807, 2.05) is 60.7 Å². The van der Waals surface area contributed by atoms with Crippen molar-refractivity contribution in [2.45, 2.75) is 5.60 Å². The van der Waals surface area contributed by atoms with E-state index in [9.17, 15) is 5.11 Å². The summed E-state index contributed by atoms with van der Waals surface area (Å²) in [5.41, 5.74) is 0.881. The molecular formula is C19H13ClO2. The predicted molar refractivity (Wildman–Crippen MR) is 86.5 cm³/mol. The summed E-state index contributed by atoms with van der Waals surface area (Å²) in [5.74, 6) is 1.31. The lowest BCUT2D eigenvalue weighted by Crippen LogP contribution is -2.32. The Hall–Kier alpha value is -2.29. The molecule has 2 nitrogen and oxygen atoms in total. The van der Waals surface area contributed by atoms with Crippen LogP contribution >= 0.6 is 11.6 Å². The Balaban J connectivity index is 2.06. The number of hydrogen-bond donors (Lipinski definition) is 1. The van der Waals surface area contributed by atoms with E-state index >= 15 is 0 Å². The van der Waals surface area contributed by atoms with Gasteiger partial charge in [-0.05, 0) is 29.8 Å². The molecule has 22 heavy (non-hydrogen) atoms. The van der Waals surface area contributed by atoms with Gasteiger partial charge in [0.05, 0.1) is 0 Å². The normalized spacial score (nSPS) is 14.6. The summed E-state index contributed by atoms with van der Waals surface area (Å²) in [4.78, 5) is 0. The highest BCUT2D eigenvalue weighted by Crippen LogP contribution is 2.49. The molecule has 0 amide bonds. The van der Waals surface area contributed by atoms with Gasteiger partial charge in [-0.3, -0.25) is 0 Å². The van der Waals surface area contributed by atoms with Gasteiger partial charge in [0.2, 0.25) is 0 Å². The van der Waals surface area contributed by atoms with Crippen molar-refractivity contribution >= 4 is 11.6 Å². The van der Waals surface area contributed by atoms with Crippen LogP contribution in [0.25, 0.3) is 0 Å². The second-order valence-corrected chi connectivity index (χ2v) is 5.75. The second kappa shape index (κ2) is 4.87. The number of fused-ring (bicyclic) bond motifs is 2. The molecule has 1 heterocycles. The lowest BCUT2D eigenvalue weighted by molar-refractivity contribution is 0.112. The van der Waals surface area contributed by atoms with Gasteiger partial charge in [0, 0.05) is 16.1 Å². The molecule has 3 aromatic carbocycles. The summed E-state index contributed by atoms with van der Waals surface area (Å²) in [5, 5.41) is 12.2. The van der Waals surface area contributed by atoms with E-state index in [1.165, 1.54) is 0 Å². The molecule has 0 radical (unpaired) electrons. The third-order valence-electron chi connectivity index (χ3n) is 4.02. The maximum absolute atomic E-state index is 11.6. The van der Waals surface area contributed by atoms with Crippen molar-refractivity contribution < 1.29 is 9.84 Å². The zero-order chi connectivity index (χ0) is 15.2. The maximum atomic E-state index is 11.6. The molecule has 1 N–H and O–H groups in total. The van der Waals surface area contributed by atoms with Gasteiger partial charge in [-0.2, -0.15) is 0 Å². The van der Waals surface area contributed by atoms with E-state index in [0.29, 0.717) is 16.5 Å². The van der Waals surface area contributed by atoms with Crippen LogP contribution in [-0.4, -0.2) is 5.11 Å². The van der Waals surface area contributed by atoms with Crippen molar-refractivity contribution in [1.29, 1.82) is 0 Å². The van der Waals surface area contributed by atoms with Crippen LogP contribution in [0.15, 0.2) is 72.8 Å². The number of hydrogen-bond acceptors (Lipinski definition) is 2. The van der Waals surface area contributed by atoms with Gasteiger partial charge in [0.1, 0.15) is 17.1 Å². The molecule has 0 aromatic heterocycles. The molecule has 0 spiro atoms. The highest BCUT2D eigenvalue weighted by Gasteiger charge is 2.41. The fraction of sp³-hybridized carbons (Fsp3) is 0.0526. The van der Waals surface area contributed by atoms with Crippen molar-refractivity contribution in [3.05, 3.63) is 94.5 Å². The Kier molecular flexibility index (Phi) is 2.96. The van der Waals surface area contributed by atoms with Crippen LogP contribution in [0.2, 0.25) is 5.02 Å². The molecule has 108 valence electrons. The lowest BCUT2D eigenvalue weighted by atomic mass is 9.78. The van der Waals surface area contributed by atoms with Gasteiger partial charge in [-0.1, -0.05) is 60.1 Å².